The van der Waals surface area contributed by atoms with Crippen LogP contribution >= 0.6 is 0 Å². The molecule has 1 aliphatic heterocycles. The van der Waals surface area contributed by atoms with Crippen molar-refractivity contribution in [3.05, 3.63) is 17.6 Å². The first-order valence-corrected chi connectivity index (χ1v) is 7.50. The summed E-state index contributed by atoms with van der Waals surface area (Å²) in [7, 11) is 1.66. The number of piperazine rings is 1. The third-order valence-corrected chi connectivity index (χ3v) is 3.69. The minimum atomic E-state index is -0.279. The van der Waals surface area contributed by atoms with Gasteiger partial charge in [-0.1, -0.05) is 0 Å². The lowest BCUT2D eigenvalue weighted by atomic mass is 10.1. The van der Waals surface area contributed by atoms with E-state index in [1.165, 1.54) is 0 Å². The van der Waals surface area contributed by atoms with Crippen molar-refractivity contribution in [2.24, 2.45) is 0 Å². The van der Waals surface area contributed by atoms with Crippen molar-refractivity contribution < 1.29 is 9.84 Å². The molecule has 1 N–H and O–H groups in total. The fourth-order valence-electron chi connectivity index (χ4n) is 2.87. The smallest absolute Gasteiger partial charge is 0.156 e. The number of aliphatic hydroxyl groups excluding tert-OH is 1. The van der Waals surface area contributed by atoms with Gasteiger partial charge in [0.2, 0.25) is 0 Å². The molecular formula is C15H26N4O2. The Labute approximate surface area is 126 Å². The molecule has 1 aromatic heterocycles. The van der Waals surface area contributed by atoms with E-state index in [0.717, 1.165) is 43.5 Å². The van der Waals surface area contributed by atoms with Crippen molar-refractivity contribution in [3.63, 3.8) is 0 Å². The molecule has 2 unspecified atom stereocenters. The van der Waals surface area contributed by atoms with Crippen LogP contribution in [0.5, 0.6) is 0 Å². The average molecular weight is 294 g/mol. The van der Waals surface area contributed by atoms with Gasteiger partial charge in [0, 0.05) is 51.1 Å². The molecule has 2 heterocycles. The van der Waals surface area contributed by atoms with Crippen molar-refractivity contribution in [1.82, 2.24) is 14.9 Å². The fraction of sp³-hybridized carbons (Fsp3) is 0.733. The first-order valence-electron chi connectivity index (χ1n) is 7.50. The number of hydrogen-bond donors (Lipinski definition) is 1. The Bertz CT molecular complexity index is 467. The van der Waals surface area contributed by atoms with Crippen LogP contribution in [0.1, 0.15) is 25.4 Å². The lowest BCUT2D eigenvalue weighted by Crippen LogP contribution is -2.53. The topological polar surface area (TPSA) is 61.7 Å². The van der Waals surface area contributed by atoms with E-state index in [1.54, 1.807) is 7.11 Å². The maximum atomic E-state index is 9.52. The highest BCUT2D eigenvalue weighted by Crippen LogP contribution is 2.19. The van der Waals surface area contributed by atoms with Crippen molar-refractivity contribution in [2.45, 2.75) is 39.5 Å². The molecule has 0 radical (unpaired) electrons. The molecule has 0 bridgehead atoms. The number of aliphatic hydroxyl groups is 1. The van der Waals surface area contributed by atoms with Crippen LogP contribution in [0.2, 0.25) is 0 Å². The average Bonchev–Trinajstić information content (AvgIpc) is 2.37. The van der Waals surface area contributed by atoms with E-state index in [0.29, 0.717) is 12.6 Å². The zero-order valence-electron chi connectivity index (χ0n) is 13.4. The summed E-state index contributed by atoms with van der Waals surface area (Å²) in [4.78, 5) is 13.6. The monoisotopic (exact) mass is 294 g/mol. The molecule has 1 aromatic rings. The lowest BCUT2D eigenvalue weighted by Gasteiger charge is -2.41. The van der Waals surface area contributed by atoms with E-state index >= 15 is 0 Å². The van der Waals surface area contributed by atoms with E-state index in [4.69, 9.17) is 4.74 Å². The van der Waals surface area contributed by atoms with Crippen LogP contribution in [0, 0.1) is 6.92 Å². The largest absolute Gasteiger partial charge is 0.392 e. The number of aromatic nitrogens is 2. The van der Waals surface area contributed by atoms with Gasteiger partial charge in [0.15, 0.2) is 5.82 Å². The van der Waals surface area contributed by atoms with Crippen LogP contribution in [-0.2, 0) is 11.3 Å². The van der Waals surface area contributed by atoms with Crippen LogP contribution in [0.4, 0.5) is 5.82 Å². The standard InChI is InChI=1S/C15H26N4O2/c1-11-7-15(17-14(16-11)10-21-4)19-6-5-18(8-12(19)2)9-13(3)20/h7,12-13,20H,5-6,8-10H2,1-4H3. The molecule has 6 nitrogen and oxygen atoms in total. The number of ether oxygens (including phenoxy) is 1. The van der Waals surface area contributed by atoms with Crippen molar-refractivity contribution in [2.75, 3.05) is 38.2 Å². The van der Waals surface area contributed by atoms with Gasteiger partial charge in [0.25, 0.3) is 0 Å². The second-order valence-corrected chi connectivity index (χ2v) is 5.87. The SMILES string of the molecule is COCc1nc(C)cc(N2CCN(CC(C)O)CC2C)n1. The van der Waals surface area contributed by atoms with Crippen LogP contribution in [0.15, 0.2) is 6.07 Å². The summed E-state index contributed by atoms with van der Waals surface area (Å²) >= 11 is 0. The van der Waals surface area contributed by atoms with Gasteiger partial charge in [-0.25, -0.2) is 9.97 Å². The summed E-state index contributed by atoms with van der Waals surface area (Å²) in [5.74, 6) is 1.70. The summed E-state index contributed by atoms with van der Waals surface area (Å²) in [6.07, 6.45) is -0.279. The van der Waals surface area contributed by atoms with Crippen molar-refractivity contribution in [3.8, 4) is 0 Å². The maximum Gasteiger partial charge on any atom is 0.156 e. The number of nitrogens with zero attached hydrogens (tertiary/aromatic N) is 4. The van der Waals surface area contributed by atoms with E-state index in [-0.39, 0.29) is 6.10 Å². The molecule has 1 fully saturated rings. The zero-order chi connectivity index (χ0) is 15.4. The predicted molar refractivity (Wildman–Crippen MR) is 82.4 cm³/mol. The Kier molecular flexibility index (Phi) is 5.50. The number of β-amino-alcohol motifs (C(OH)–C–C–N with tert-alkyl or cyclic N) is 1. The highest BCUT2D eigenvalue weighted by molar-refractivity contribution is 5.41. The molecule has 118 valence electrons. The fourth-order valence-corrected chi connectivity index (χ4v) is 2.87. The normalized spacial score (nSPS) is 21.6. The Balaban J connectivity index is 2.08. The van der Waals surface area contributed by atoms with Crippen LogP contribution < -0.4 is 4.90 Å². The first kappa shape index (κ1) is 16.1. The first-order chi connectivity index (χ1) is 9.99. The molecule has 0 spiro atoms. The van der Waals surface area contributed by atoms with Crippen LogP contribution in [-0.4, -0.2) is 65.4 Å². The number of anilines is 1. The molecule has 6 heteroatoms. The summed E-state index contributed by atoms with van der Waals surface area (Å²) < 4.78 is 5.13. The van der Waals surface area contributed by atoms with Gasteiger partial charge in [0.1, 0.15) is 12.4 Å². The molecule has 21 heavy (non-hydrogen) atoms. The maximum absolute atomic E-state index is 9.52. The molecule has 1 aliphatic rings. The molecule has 0 aliphatic carbocycles. The Morgan fingerprint density at radius 3 is 2.81 bits per heavy atom. The molecule has 2 atom stereocenters. The van der Waals surface area contributed by atoms with Crippen molar-refractivity contribution >= 4 is 5.82 Å². The highest BCUT2D eigenvalue weighted by Gasteiger charge is 2.25. The van der Waals surface area contributed by atoms with E-state index in [2.05, 4.69) is 26.7 Å². The second kappa shape index (κ2) is 7.15. The number of methoxy groups -OCH3 is 1. The summed E-state index contributed by atoms with van der Waals surface area (Å²) in [5.41, 5.74) is 0.964. The molecular weight excluding hydrogens is 268 g/mol. The van der Waals surface area contributed by atoms with E-state index < -0.39 is 0 Å². The molecule has 2 rings (SSSR count). The number of hydrogen-bond acceptors (Lipinski definition) is 6. The van der Waals surface area contributed by atoms with Gasteiger partial charge in [-0.05, 0) is 20.8 Å². The summed E-state index contributed by atoms with van der Waals surface area (Å²) in [5, 5.41) is 9.52. The molecule has 1 saturated heterocycles. The second-order valence-electron chi connectivity index (χ2n) is 5.87. The van der Waals surface area contributed by atoms with Crippen LogP contribution in [0.3, 0.4) is 0 Å². The van der Waals surface area contributed by atoms with Crippen molar-refractivity contribution in [1.29, 1.82) is 0 Å². The summed E-state index contributed by atoms with van der Waals surface area (Å²) in [6, 6.07) is 2.39. The lowest BCUT2D eigenvalue weighted by molar-refractivity contribution is 0.114. The minimum absolute atomic E-state index is 0.279. The number of aryl methyl sites for hydroxylation is 1. The Morgan fingerprint density at radius 2 is 2.19 bits per heavy atom. The van der Waals surface area contributed by atoms with Gasteiger partial charge >= 0.3 is 0 Å². The third kappa shape index (κ3) is 4.36. The Hall–Kier alpha value is -1.24. The molecule has 0 saturated carbocycles. The van der Waals surface area contributed by atoms with Gasteiger partial charge in [-0.2, -0.15) is 0 Å². The van der Waals surface area contributed by atoms with Gasteiger partial charge in [0.05, 0.1) is 6.10 Å². The highest BCUT2D eigenvalue weighted by atomic mass is 16.5. The summed E-state index contributed by atoms with van der Waals surface area (Å²) in [6.45, 7) is 9.98. The van der Waals surface area contributed by atoms with E-state index in [9.17, 15) is 5.11 Å². The quantitative estimate of drug-likeness (QED) is 0.867. The van der Waals surface area contributed by atoms with E-state index in [1.807, 2.05) is 19.9 Å². The zero-order valence-corrected chi connectivity index (χ0v) is 13.4. The molecule has 0 aromatic carbocycles. The number of rotatable bonds is 5. The third-order valence-electron chi connectivity index (χ3n) is 3.69. The van der Waals surface area contributed by atoms with Crippen LogP contribution in [0.25, 0.3) is 0 Å². The Morgan fingerprint density at radius 1 is 1.43 bits per heavy atom. The van der Waals surface area contributed by atoms with Gasteiger partial charge in [-0.15, -0.1) is 0 Å². The molecule has 0 amide bonds. The predicted octanol–water partition coefficient (Wildman–Crippen LogP) is 0.823. The van der Waals surface area contributed by atoms with Gasteiger partial charge in [-0.3, -0.25) is 4.90 Å². The van der Waals surface area contributed by atoms with Gasteiger partial charge < -0.3 is 14.7 Å². The minimum Gasteiger partial charge on any atom is -0.392 e.